The van der Waals surface area contributed by atoms with Crippen LogP contribution in [-0.2, 0) is 6.54 Å². The number of rotatable bonds is 4. The van der Waals surface area contributed by atoms with Crippen molar-refractivity contribution in [1.82, 2.24) is 24.4 Å². The lowest BCUT2D eigenvalue weighted by Gasteiger charge is -2.27. The highest BCUT2D eigenvalue weighted by Crippen LogP contribution is 2.44. The molecule has 12 heteroatoms. The van der Waals surface area contributed by atoms with Gasteiger partial charge in [-0.05, 0) is 50.1 Å². The summed E-state index contributed by atoms with van der Waals surface area (Å²) < 4.78 is 42.0. The topological polar surface area (TPSA) is 88.5 Å². The zero-order valence-corrected chi connectivity index (χ0v) is 19.6. The van der Waals surface area contributed by atoms with Crippen molar-refractivity contribution in [1.29, 1.82) is 0 Å². The van der Waals surface area contributed by atoms with E-state index in [-0.39, 0.29) is 5.69 Å². The highest BCUT2D eigenvalue weighted by Gasteiger charge is 2.46. The van der Waals surface area contributed by atoms with E-state index in [0.717, 1.165) is 10.2 Å². The van der Waals surface area contributed by atoms with Crippen LogP contribution in [0, 0.1) is 20.8 Å². The summed E-state index contributed by atoms with van der Waals surface area (Å²) in [6.45, 7) is 4.36. The second-order valence-corrected chi connectivity index (χ2v) is 8.98. The van der Waals surface area contributed by atoms with Crippen molar-refractivity contribution in [3.05, 3.63) is 75.5 Å². The molecule has 0 aliphatic carbocycles. The molecule has 0 saturated carbocycles. The van der Waals surface area contributed by atoms with Crippen molar-refractivity contribution >= 4 is 28.8 Å². The van der Waals surface area contributed by atoms with Crippen LogP contribution in [0.25, 0.3) is 5.65 Å². The third kappa shape index (κ3) is 3.75. The third-order valence-corrected chi connectivity index (χ3v) is 6.41. The van der Waals surface area contributed by atoms with Crippen LogP contribution >= 0.6 is 11.6 Å². The molecule has 5 rings (SSSR count). The van der Waals surface area contributed by atoms with E-state index in [1.807, 2.05) is 6.92 Å². The zero-order chi connectivity index (χ0) is 25.2. The number of carbonyl (C=O) groups excluding carboxylic acids is 1. The highest BCUT2D eigenvalue weighted by molar-refractivity contribution is 6.30. The lowest BCUT2D eigenvalue weighted by molar-refractivity contribution is -0.208. The lowest BCUT2D eigenvalue weighted by Crippen LogP contribution is -2.35. The zero-order valence-electron chi connectivity index (χ0n) is 18.9. The largest absolute Gasteiger partial charge is 0.416 e. The van der Waals surface area contributed by atoms with Gasteiger partial charge in [0.2, 0.25) is 0 Å². The fourth-order valence-electron chi connectivity index (χ4n) is 4.52. The summed E-state index contributed by atoms with van der Waals surface area (Å²) in [5, 5.41) is 22.6. The molecule has 3 aromatic heterocycles. The molecule has 182 valence electrons. The first kappa shape index (κ1) is 23.3. The van der Waals surface area contributed by atoms with Crippen molar-refractivity contribution < 1.29 is 23.1 Å². The Morgan fingerprint density at radius 1 is 1.14 bits per heavy atom. The number of hydrogen-bond donors (Lipinski definition) is 1. The minimum Gasteiger partial charge on any atom is -0.382 e. The van der Waals surface area contributed by atoms with E-state index in [1.165, 1.54) is 4.90 Å². The van der Waals surface area contributed by atoms with Crippen LogP contribution in [0.4, 0.5) is 18.9 Å². The molecular weight excluding hydrogens is 485 g/mol. The molecule has 0 saturated heterocycles. The van der Waals surface area contributed by atoms with Gasteiger partial charge >= 0.3 is 6.18 Å². The smallest absolute Gasteiger partial charge is 0.382 e. The molecule has 4 heterocycles. The summed E-state index contributed by atoms with van der Waals surface area (Å²) >= 11 is 6.08. The number of fused-ring (bicyclic) bond motifs is 2. The average Bonchev–Trinajstić information content (AvgIpc) is 3.41. The van der Waals surface area contributed by atoms with Gasteiger partial charge in [-0.1, -0.05) is 23.7 Å². The maximum absolute atomic E-state index is 13.8. The summed E-state index contributed by atoms with van der Waals surface area (Å²) in [5.41, 5.74) is 3.50. The Labute approximate surface area is 202 Å². The molecule has 1 aliphatic rings. The fraction of sp³-hybridized carbons (Fsp3) is 0.304. The fourth-order valence-corrected chi connectivity index (χ4v) is 4.64. The maximum atomic E-state index is 13.8. The van der Waals surface area contributed by atoms with Gasteiger partial charge in [0.25, 0.3) is 5.91 Å². The summed E-state index contributed by atoms with van der Waals surface area (Å²) in [4.78, 5) is 15.3. The molecule has 1 N–H and O–H groups in total. The van der Waals surface area contributed by atoms with E-state index in [4.69, 9.17) is 11.6 Å². The van der Waals surface area contributed by atoms with Crippen molar-refractivity contribution in [3.63, 3.8) is 0 Å². The Morgan fingerprint density at radius 2 is 1.83 bits per heavy atom. The second-order valence-electron chi connectivity index (χ2n) is 8.54. The second kappa shape index (κ2) is 8.06. The predicted molar refractivity (Wildman–Crippen MR) is 122 cm³/mol. The Bertz CT molecular complexity index is 1460. The number of amides is 1. The normalized spacial score (nSPS) is 16.9. The van der Waals surface area contributed by atoms with E-state index in [9.17, 15) is 23.1 Å². The van der Waals surface area contributed by atoms with Gasteiger partial charge in [-0.15, -0.1) is 10.2 Å². The van der Waals surface area contributed by atoms with Crippen LogP contribution in [0.2, 0.25) is 5.02 Å². The Kier molecular flexibility index (Phi) is 5.37. The van der Waals surface area contributed by atoms with Crippen LogP contribution in [0.1, 0.15) is 44.7 Å². The van der Waals surface area contributed by atoms with Gasteiger partial charge in [0.05, 0.1) is 24.0 Å². The minimum absolute atomic E-state index is 0.00368. The number of anilines is 1. The molecule has 1 amide bonds. The van der Waals surface area contributed by atoms with Crippen molar-refractivity contribution in [2.45, 2.75) is 45.6 Å². The minimum atomic E-state index is -4.85. The number of aromatic nitrogens is 5. The SMILES string of the molecule is Cc1nn(CC(O)C(F)(F)F)c2c1C(c1ccc(Cl)cc1)N(c1cc(C)c3nnc(C)n3c1)C2=O. The van der Waals surface area contributed by atoms with Crippen molar-refractivity contribution in [2.24, 2.45) is 0 Å². The number of carbonyl (C=O) groups is 1. The number of hydrogen-bond acceptors (Lipinski definition) is 5. The van der Waals surface area contributed by atoms with Crippen molar-refractivity contribution in [2.75, 3.05) is 4.90 Å². The van der Waals surface area contributed by atoms with E-state index in [1.54, 1.807) is 54.8 Å². The molecule has 1 aliphatic heterocycles. The van der Waals surface area contributed by atoms with Gasteiger partial charge in [0, 0.05) is 16.8 Å². The molecule has 35 heavy (non-hydrogen) atoms. The molecule has 0 spiro atoms. The number of aliphatic hydroxyl groups is 1. The van der Waals surface area contributed by atoms with E-state index in [2.05, 4.69) is 15.3 Å². The Morgan fingerprint density at radius 3 is 2.49 bits per heavy atom. The van der Waals surface area contributed by atoms with E-state index in [0.29, 0.717) is 39.0 Å². The number of alkyl halides is 3. The molecule has 0 bridgehead atoms. The quantitative estimate of drug-likeness (QED) is 0.450. The number of halogens is 4. The third-order valence-electron chi connectivity index (χ3n) is 6.16. The number of benzene rings is 1. The van der Waals surface area contributed by atoms with Gasteiger partial charge in [0.1, 0.15) is 11.5 Å². The monoisotopic (exact) mass is 504 g/mol. The van der Waals surface area contributed by atoms with Crippen LogP contribution < -0.4 is 4.90 Å². The van der Waals surface area contributed by atoms with Crippen LogP contribution in [0.15, 0.2) is 36.5 Å². The molecule has 8 nitrogen and oxygen atoms in total. The molecule has 0 fully saturated rings. The Hall–Kier alpha value is -3.44. The van der Waals surface area contributed by atoms with Gasteiger partial charge in [-0.2, -0.15) is 18.3 Å². The van der Waals surface area contributed by atoms with Crippen molar-refractivity contribution in [3.8, 4) is 0 Å². The summed E-state index contributed by atoms with van der Waals surface area (Å²) in [5.74, 6) is 0.0900. The first-order chi connectivity index (χ1) is 16.5. The number of nitrogens with zero attached hydrogens (tertiary/aromatic N) is 6. The summed E-state index contributed by atoms with van der Waals surface area (Å²) in [7, 11) is 0. The molecule has 0 radical (unpaired) electrons. The van der Waals surface area contributed by atoms with Gasteiger partial charge in [0.15, 0.2) is 11.8 Å². The van der Waals surface area contributed by atoms with Crippen LogP contribution in [0.3, 0.4) is 0 Å². The standard InChI is InChI=1S/C23H20ClF3N6O2/c1-11-8-16(9-31-13(3)28-29-21(11)31)33-19(14-4-6-15(24)7-5-14)18-12(2)30-32(20(18)22(33)35)10-17(34)23(25,26)27/h4-9,17,19,34H,10H2,1-3H3. The van der Waals surface area contributed by atoms with Crippen LogP contribution in [-0.4, -0.2) is 47.7 Å². The van der Waals surface area contributed by atoms with Gasteiger partial charge < -0.3 is 5.11 Å². The summed E-state index contributed by atoms with van der Waals surface area (Å²) in [6.07, 6.45) is -5.79. The van der Waals surface area contributed by atoms with Crippen LogP contribution in [0.5, 0.6) is 0 Å². The van der Waals surface area contributed by atoms with Gasteiger partial charge in [-0.3, -0.25) is 18.8 Å². The highest BCUT2D eigenvalue weighted by atomic mass is 35.5. The Balaban J connectivity index is 1.70. The summed E-state index contributed by atoms with van der Waals surface area (Å²) in [6, 6.07) is 8.01. The first-order valence-electron chi connectivity index (χ1n) is 10.7. The van der Waals surface area contributed by atoms with E-state index < -0.39 is 30.8 Å². The van der Waals surface area contributed by atoms with Gasteiger partial charge in [-0.25, -0.2) is 0 Å². The predicted octanol–water partition coefficient (Wildman–Crippen LogP) is 4.18. The molecular formula is C23H20ClF3N6O2. The molecule has 2 unspecified atom stereocenters. The molecule has 2 atom stereocenters. The average molecular weight is 505 g/mol. The first-order valence-corrected chi connectivity index (χ1v) is 11.1. The number of aliphatic hydroxyl groups excluding tert-OH is 1. The van der Waals surface area contributed by atoms with E-state index >= 15 is 0 Å². The molecule has 4 aromatic rings. The maximum Gasteiger partial charge on any atom is 0.416 e. The number of pyridine rings is 1. The lowest BCUT2D eigenvalue weighted by atomic mass is 9.99. The molecule has 1 aromatic carbocycles. The number of aryl methyl sites for hydroxylation is 3.